The zero-order valence-electron chi connectivity index (χ0n) is 9.27. The van der Waals surface area contributed by atoms with Crippen molar-refractivity contribution in [3.05, 3.63) is 60.2 Å². The summed E-state index contributed by atoms with van der Waals surface area (Å²) in [6.07, 6.45) is 3.82. The molecule has 88 valence electrons. The van der Waals surface area contributed by atoms with Crippen molar-refractivity contribution < 1.29 is 9.18 Å². The average Bonchev–Trinajstić information content (AvgIpc) is 2.82. The first kappa shape index (κ1) is 11.4. The van der Waals surface area contributed by atoms with Gasteiger partial charge >= 0.3 is 0 Å². The zero-order chi connectivity index (χ0) is 12.1. The molecule has 0 saturated carbocycles. The molecule has 0 radical (unpaired) electrons. The van der Waals surface area contributed by atoms with E-state index in [1.165, 1.54) is 12.1 Å². The number of carbonyl (C=O) groups is 1. The summed E-state index contributed by atoms with van der Waals surface area (Å²) < 4.78 is 15.2. The number of hydrogen-bond donors (Lipinski definition) is 1. The molecule has 2 rings (SSSR count). The number of hydrogen-bond acceptors (Lipinski definition) is 1. The van der Waals surface area contributed by atoms with Crippen LogP contribution in [0.25, 0.3) is 0 Å². The fourth-order valence-electron chi connectivity index (χ4n) is 1.56. The predicted molar refractivity (Wildman–Crippen MR) is 63.2 cm³/mol. The summed E-state index contributed by atoms with van der Waals surface area (Å²) in [5.41, 5.74) is 0.0833. The first-order chi connectivity index (χ1) is 8.27. The van der Waals surface area contributed by atoms with E-state index in [1.54, 1.807) is 12.1 Å². The second-order valence-electron chi connectivity index (χ2n) is 3.66. The molecule has 1 aromatic heterocycles. The van der Waals surface area contributed by atoms with E-state index in [-0.39, 0.29) is 11.5 Å². The topological polar surface area (TPSA) is 34.0 Å². The first-order valence-electron chi connectivity index (χ1n) is 5.41. The number of aromatic nitrogens is 1. The molecule has 1 amide bonds. The molecule has 0 aliphatic heterocycles. The van der Waals surface area contributed by atoms with Crippen LogP contribution < -0.4 is 5.32 Å². The van der Waals surface area contributed by atoms with Crippen molar-refractivity contribution in [1.82, 2.24) is 9.88 Å². The molecule has 1 heterocycles. The van der Waals surface area contributed by atoms with Crippen molar-refractivity contribution in [2.75, 3.05) is 6.54 Å². The Morgan fingerprint density at radius 1 is 1.18 bits per heavy atom. The minimum absolute atomic E-state index is 0.0833. The highest BCUT2D eigenvalue weighted by Gasteiger charge is 2.09. The summed E-state index contributed by atoms with van der Waals surface area (Å²) in [6.45, 7) is 1.15. The number of nitrogens with zero attached hydrogens (tertiary/aromatic N) is 1. The SMILES string of the molecule is O=C(NCCn1cccc1)c1ccccc1F. The molecule has 0 aliphatic carbocycles. The molecular weight excluding hydrogens is 219 g/mol. The van der Waals surface area contributed by atoms with Gasteiger partial charge in [-0.15, -0.1) is 0 Å². The van der Waals surface area contributed by atoms with E-state index in [4.69, 9.17) is 0 Å². The monoisotopic (exact) mass is 232 g/mol. The molecule has 2 aromatic rings. The van der Waals surface area contributed by atoms with Gasteiger partial charge in [-0.05, 0) is 24.3 Å². The Morgan fingerprint density at radius 3 is 2.59 bits per heavy atom. The van der Waals surface area contributed by atoms with E-state index in [0.717, 1.165) is 0 Å². The van der Waals surface area contributed by atoms with E-state index in [9.17, 15) is 9.18 Å². The van der Waals surface area contributed by atoms with Gasteiger partial charge in [0.1, 0.15) is 5.82 Å². The van der Waals surface area contributed by atoms with Crippen LogP contribution in [0.1, 0.15) is 10.4 Å². The fourth-order valence-corrected chi connectivity index (χ4v) is 1.56. The second-order valence-corrected chi connectivity index (χ2v) is 3.66. The highest BCUT2D eigenvalue weighted by molar-refractivity contribution is 5.94. The lowest BCUT2D eigenvalue weighted by atomic mass is 10.2. The number of nitrogens with one attached hydrogen (secondary N) is 1. The van der Waals surface area contributed by atoms with Crippen molar-refractivity contribution in [2.24, 2.45) is 0 Å². The van der Waals surface area contributed by atoms with Crippen LogP contribution in [0.3, 0.4) is 0 Å². The van der Waals surface area contributed by atoms with E-state index in [2.05, 4.69) is 5.32 Å². The Morgan fingerprint density at radius 2 is 1.88 bits per heavy atom. The minimum atomic E-state index is -0.494. The van der Waals surface area contributed by atoms with E-state index < -0.39 is 5.82 Å². The molecule has 0 bridgehead atoms. The van der Waals surface area contributed by atoms with E-state index in [1.807, 2.05) is 29.1 Å². The molecule has 1 aromatic carbocycles. The number of amides is 1. The van der Waals surface area contributed by atoms with Crippen LogP contribution >= 0.6 is 0 Å². The molecule has 17 heavy (non-hydrogen) atoms. The van der Waals surface area contributed by atoms with Gasteiger partial charge in [0.25, 0.3) is 5.91 Å². The number of rotatable bonds is 4. The third-order valence-corrected chi connectivity index (χ3v) is 2.44. The van der Waals surface area contributed by atoms with Crippen molar-refractivity contribution in [3.63, 3.8) is 0 Å². The first-order valence-corrected chi connectivity index (χ1v) is 5.41. The summed E-state index contributed by atoms with van der Waals surface area (Å²) in [5.74, 6) is -0.874. The molecule has 1 N–H and O–H groups in total. The molecule has 0 saturated heterocycles. The van der Waals surface area contributed by atoms with Gasteiger partial charge in [0.05, 0.1) is 5.56 Å². The lowest BCUT2D eigenvalue weighted by Gasteiger charge is -2.06. The van der Waals surface area contributed by atoms with Crippen molar-refractivity contribution in [3.8, 4) is 0 Å². The van der Waals surface area contributed by atoms with Crippen LogP contribution in [0, 0.1) is 5.82 Å². The number of carbonyl (C=O) groups excluding carboxylic acids is 1. The maximum absolute atomic E-state index is 13.3. The highest BCUT2D eigenvalue weighted by atomic mass is 19.1. The van der Waals surface area contributed by atoms with Crippen molar-refractivity contribution >= 4 is 5.91 Å². The molecule has 0 spiro atoms. The Bertz CT molecular complexity index is 494. The smallest absolute Gasteiger partial charge is 0.254 e. The van der Waals surface area contributed by atoms with Gasteiger partial charge < -0.3 is 9.88 Å². The van der Waals surface area contributed by atoms with Gasteiger partial charge in [-0.25, -0.2) is 4.39 Å². The lowest BCUT2D eigenvalue weighted by Crippen LogP contribution is -2.27. The van der Waals surface area contributed by atoms with Crippen LogP contribution in [0.4, 0.5) is 4.39 Å². The molecule has 0 aliphatic rings. The third kappa shape index (κ3) is 2.93. The molecule has 3 nitrogen and oxygen atoms in total. The minimum Gasteiger partial charge on any atom is -0.353 e. The van der Waals surface area contributed by atoms with Gasteiger partial charge in [0.15, 0.2) is 0 Å². The van der Waals surface area contributed by atoms with Gasteiger partial charge in [0.2, 0.25) is 0 Å². The van der Waals surface area contributed by atoms with Crippen molar-refractivity contribution in [1.29, 1.82) is 0 Å². The van der Waals surface area contributed by atoms with Crippen LogP contribution in [0.5, 0.6) is 0 Å². The Hall–Kier alpha value is -2.10. The molecule has 0 fully saturated rings. The fraction of sp³-hybridized carbons (Fsp3) is 0.154. The molecule has 0 atom stereocenters. The average molecular weight is 232 g/mol. The molecule has 0 unspecified atom stereocenters. The van der Waals surface area contributed by atoms with Crippen LogP contribution in [0.2, 0.25) is 0 Å². The Labute approximate surface area is 98.9 Å². The molecule has 4 heteroatoms. The molecular formula is C13H13FN2O. The van der Waals surface area contributed by atoms with E-state index in [0.29, 0.717) is 13.1 Å². The van der Waals surface area contributed by atoms with Crippen LogP contribution in [-0.4, -0.2) is 17.0 Å². The number of benzene rings is 1. The van der Waals surface area contributed by atoms with Crippen molar-refractivity contribution in [2.45, 2.75) is 6.54 Å². The predicted octanol–water partition coefficient (Wildman–Crippen LogP) is 2.06. The highest BCUT2D eigenvalue weighted by Crippen LogP contribution is 2.05. The maximum atomic E-state index is 13.3. The van der Waals surface area contributed by atoms with Gasteiger partial charge in [-0.3, -0.25) is 4.79 Å². The lowest BCUT2D eigenvalue weighted by molar-refractivity contribution is 0.0948. The Balaban J connectivity index is 1.88. The van der Waals surface area contributed by atoms with Crippen LogP contribution in [0.15, 0.2) is 48.8 Å². The Kier molecular flexibility index (Phi) is 3.55. The maximum Gasteiger partial charge on any atom is 0.254 e. The zero-order valence-corrected chi connectivity index (χ0v) is 9.27. The summed E-state index contributed by atoms with van der Waals surface area (Å²) in [6, 6.07) is 9.79. The van der Waals surface area contributed by atoms with Gasteiger partial charge in [-0.1, -0.05) is 12.1 Å². The third-order valence-electron chi connectivity index (χ3n) is 2.44. The summed E-state index contributed by atoms with van der Waals surface area (Å²) >= 11 is 0. The summed E-state index contributed by atoms with van der Waals surface area (Å²) in [7, 11) is 0. The summed E-state index contributed by atoms with van der Waals surface area (Å²) in [4.78, 5) is 11.6. The standard InChI is InChI=1S/C13H13FN2O/c14-12-6-2-1-5-11(12)13(17)15-7-10-16-8-3-4-9-16/h1-6,8-9H,7,10H2,(H,15,17). The van der Waals surface area contributed by atoms with Crippen LogP contribution in [-0.2, 0) is 6.54 Å². The van der Waals surface area contributed by atoms with Gasteiger partial charge in [-0.2, -0.15) is 0 Å². The number of halogens is 1. The second kappa shape index (κ2) is 5.30. The quantitative estimate of drug-likeness (QED) is 0.860. The normalized spacial score (nSPS) is 10.2. The van der Waals surface area contributed by atoms with Gasteiger partial charge in [0, 0.05) is 25.5 Å². The van der Waals surface area contributed by atoms with E-state index >= 15 is 0 Å². The summed E-state index contributed by atoms with van der Waals surface area (Å²) in [5, 5.41) is 2.68. The largest absolute Gasteiger partial charge is 0.353 e.